The third-order valence-electron chi connectivity index (χ3n) is 5.61. The minimum atomic E-state index is -0.763. The van der Waals surface area contributed by atoms with Crippen LogP contribution in [0.15, 0.2) is 59.2 Å². The maximum Gasteiger partial charge on any atom is 0.312 e. The van der Waals surface area contributed by atoms with Crippen LogP contribution in [-0.2, 0) is 16.1 Å². The molecule has 2 aromatic carbocycles. The fourth-order valence-corrected chi connectivity index (χ4v) is 4.36. The van der Waals surface area contributed by atoms with Gasteiger partial charge in [0, 0.05) is 61.1 Å². The average Bonchev–Trinajstić information content (AvgIpc) is 2.90. The maximum absolute atomic E-state index is 12.7. The Bertz CT molecular complexity index is 1350. The lowest BCUT2D eigenvalue weighted by Crippen LogP contribution is -2.52. The molecular weight excluding hydrogens is 589 g/mol. The van der Waals surface area contributed by atoms with Gasteiger partial charge in [0.05, 0.1) is 15.0 Å². The second-order valence-electron chi connectivity index (χ2n) is 8.00. The van der Waals surface area contributed by atoms with Crippen molar-refractivity contribution in [2.24, 2.45) is 0 Å². The highest BCUT2D eigenvalue weighted by Gasteiger charge is 2.29. The van der Waals surface area contributed by atoms with Gasteiger partial charge in [0.2, 0.25) is 5.82 Å². The van der Waals surface area contributed by atoms with E-state index in [2.05, 4.69) is 26.2 Å². The first-order valence-corrected chi connectivity index (χ1v) is 12.6. The summed E-state index contributed by atoms with van der Waals surface area (Å²) >= 11 is 15.4. The highest BCUT2D eigenvalue weighted by molar-refractivity contribution is 9.10. The number of piperazine rings is 1. The molecule has 0 bridgehead atoms. The highest BCUT2D eigenvalue weighted by Crippen LogP contribution is 2.32. The monoisotopic (exact) mass is 607 g/mol. The molecule has 2 amide bonds. The second-order valence-corrected chi connectivity index (χ2v) is 9.73. The summed E-state index contributed by atoms with van der Waals surface area (Å²) in [6, 6.07) is 13.0. The van der Waals surface area contributed by atoms with Gasteiger partial charge in [0.1, 0.15) is 11.5 Å². The predicted octanol–water partition coefficient (Wildman–Crippen LogP) is 4.82. The van der Waals surface area contributed by atoms with Crippen LogP contribution in [-0.4, -0.2) is 52.8 Å². The van der Waals surface area contributed by atoms with Crippen molar-refractivity contribution >= 4 is 62.5 Å². The van der Waals surface area contributed by atoms with Crippen LogP contribution in [0.1, 0.15) is 5.56 Å². The lowest BCUT2D eigenvalue weighted by Gasteiger charge is -2.34. The zero-order valence-electron chi connectivity index (χ0n) is 19.2. The molecule has 1 aromatic heterocycles. The molecule has 0 unspecified atom stereocenters. The van der Waals surface area contributed by atoms with Crippen LogP contribution in [0.3, 0.4) is 0 Å². The van der Waals surface area contributed by atoms with Crippen LogP contribution in [0.2, 0.25) is 10.0 Å². The Labute approximate surface area is 230 Å². The fraction of sp³-hybridized carbons (Fsp3) is 0.208. The Morgan fingerprint density at radius 2 is 1.84 bits per heavy atom. The zero-order valence-corrected chi connectivity index (χ0v) is 22.3. The first-order chi connectivity index (χ1) is 17.7. The lowest BCUT2D eigenvalue weighted by atomic mass is 10.2. The molecule has 1 fully saturated rings. The number of nitro groups is 1. The number of nitrogens with zero attached hydrogens (tertiary/aromatic N) is 4. The summed E-state index contributed by atoms with van der Waals surface area (Å²) in [4.78, 5) is 43.4. The highest BCUT2D eigenvalue weighted by atomic mass is 79.9. The second kappa shape index (κ2) is 11.8. The van der Waals surface area contributed by atoms with E-state index in [1.807, 2.05) is 0 Å². The summed E-state index contributed by atoms with van der Waals surface area (Å²) in [6.07, 6.45) is 1.48. The van der Waals surface area contributed by atoms with E-state index < -0.39 is 16.7 Å². The van der Waals surface area contributed by atoms with Crippen LogP contribution in [0, 0.1) is 10.1 Å². The summed E-state index contributed by atoms with van der Waals surface area (Å²) < 4.78 is 6.70. The normalized spacial score (nSPS) is 13.3. The number of hydrogen-bond acceptors (Lipinski definition) is 7. The number of pyridine rings is 1. The van der Waals surface area contributed by atoms with Crippen LogP contribution in [0.5, 0.6) is 11.5 Å². The van der Waals surface area contributed by atoms with E-state index in [0.717, 1.165) is 4.47 Å². The van der Waals surface area contributed by atoms with Crippen molar-refractivity contribution in [1.82, 2.24) is 15.2 Å². The number of benzene rings is 2. The minimum Gasteiger partial charge on any atom is -0.457 e. The summed E-state index contributed by atoms with van der Waals surface area (Å²) in [5.74, 6) is -0.276. The van der Waals surface area contributed by atoms with Gasteiger partial charge in [-0.25, -0.2) is 4.98 Å². The number of nitrogens with one attached hydrogen (secondary N) is 1. The average molecular weight is 609 g/mol. The topological polar surface area (TPSA) is 118 Å². The largest absolute Gasteiger partial charge is 0.457 e. The molecule has 1 aliphatic heterocycles. The van der Waals surface area contributed by atoms with Gasteiger partial charge in [-0.05, 0) is 30.3 Å². The fourth-order valence-electron chi connectivity index (χ4n) is 3.73. The lowest BCUT2D eigenvalue weighted by molar-refractivity contribution is -0.384. The van der Waals surface area contributed by atoms with Crippen molar-refractivity contribution in [1.29, 1.82) is 0 Å². The number of amides is 2. The van der Waals surface area contributed by atoms with Crippen molar-refractivity contribution < 1.29 is 19.2 Å². The Kier molecular flexibility index (Phi) is 8.47. The van der Waals surface area contributed by atoms with Gasteiger partial charge >= 0.3 is 17.5 Å². The molecule has 1 aliphatic rings. The van der Waals surface area contributed by atoms with Crippen molar-refractivity contribution in [2.45, 2.75) is 6.54 Å². The number of anilines is 1. The van der Waals surface area contributed by atoms with Gasteiger partial charge in [-0.2, -0.15) is 0 Å². The number of carbonyl (C=O) groups is 2. The molecule has 37 heavy (non-hydrogen) atoms. The number of aromatic nitrogens is 1. The van der Waals surface area contributed by atoms with E-state index in [0.29, 0.717) is 40.2 Å². The molecule has 192 valence electrons. The van der Waals surface area contributed by atoms with Gasteiger partial charge in [-0.1, -0.05) is 45.2 Å². The van der Waals surface area contributed by atoms with Gasteiger partial charge < -0.3 is 19.9 Å². The Morgan fingerprint density at radius 1 is 1.08 bits per heavy atom. The molecule has 0 saturated carbocycles. The molecule has 0 spiro atoms. The number of hydrogen-bond donors (Lipinski definition) is 1. The predicted molar refractivity (Wildman–Crippen MR) is 142 cm³/mol. The minimum absolute atomic E-state index is 0.0502. The Hall–Kier alpha value is -3.41. The van der Waals surface area contributed by atoms with Crippen molar-refractivity contribution in [3.05, 3.63) is 84.9 Å². The first-order valence-electron chi connectivity index (χ1n) is 11.1. The van der Waals surface area contributed by atoms with E-state index in [1.54, 1.807) is 41.3 Å². The van der Waals surface area contributed by atoms with Gasteiger partial charge in [0.15, 0.2) is 0 Å². The van der Waals surface area contributed by atoms with E-state index >= 15 is 0 Å². The van der Waals surface area contributed by atoms with Crippen LogP contribution < -0.4 is 15.0 Å². The quantitative estimate of drug-likeness (QED) is 0.242. The summed E-state index contributed by atoms with van der Waals surface area (Å²) in [5.41, 5.74) is 0.538. The molecule has 1 saturated heterocycles. The van der Waals surface area contributed by atoms with Crippen molar-refractivity contribution in [2.75, 3.05) is 31.1 Å². The summed E-state index contributed by atoms with van der Waals surface area (Å²) in [5, 5.41) is 14.7. The summed E-state index contributed by atoms with van der Waals surface area (Å²) in [6.45, 7) is 1.12. The molecule has 2 heterocycles. The van der Waals surface area contributed by atoms with Crippen molar-refractivity contribution in [3.63, 3.8) is 0 Å². The summed E-state index contributed by atoms with van der Waals surface area (Å²) in [7, 11) is 0. The number of carbonyl (C=O) groups excluding carboxylic acids is 2. The number of rotatable bonds is 6. The maximum atomic E-state index is 12.7. The zero-order chi connectivity index (χ0) is 26.5. The molecule has 13 heteroatoms. The molecule has 1 N–H and O–H groups in total. The molecule has 0 radical (unpaired) electrons. The van der Waals surface area contributed by atoms with Gasteiger partial charge in [0.25, 0.3) is 0 Å². The van der Waals surface area contributed by atoms with Crippen LogP contribution >= 0.6 is 39.1 Å². The number of ether oxygens (including phenoxy) is 1. The SMILES string of the molecule is O=C(NCc1ccc(Br)cc1Oc1ccc(Cl)c(Cl)c1)C(=O)N1CCN(c2ncccc2[N+](=O)[O-])CC1. The van der Waals surface area contributed by atoms with Crippen LogP contribution in [0.4, 0.5) is 11.5 Å². The van der Waals surface area contributed by atoms with E-state index in [1.165, 1.54) is 23.2 Å². The van der Waals surface area contributed by atoms with E-state index in [9.17, 15) is 19.7 Å². The first kappa shape index (κ1) is 26.6. The van der Waals surface area contributed by atoms with Gasteiger partial charge in [-0.15, -0.1) is 0 Å². The third kappa shape index (κ3) is 6.48. The Morgan fingerprint density at radius 3 is 2.54 bits per heavy atom. The van der Waals surface area contributed by atoms with Crippen LogP contribution in [0.25, 0.3) is 0 Å². The standard InChI is InChI=1S/C24H20BrCl2N5O5/c25-16-4-3-15(21(12-16)37-17-5-6-18(26)19(27)13-17)14-29-23(33)24(34)31-10-8-30(9-11-31)22-20(32(35)36)2-1-7-28-22/h1-7,12-13H,8-11,14H2,(H,29,33). The molecular formula is C24H20BrCl2N5O5. The Balaban J connectivity index is 1.36. The molecule has 4 rings (SSSR count). The molecule has 0 aliphatic carbocycles. The van der Waals surface area contributed by atoms with E-state index in [4.69, 9.17) is 27.9 Å². The molecule has 0 atom stereocenters. The smallest absolute Gasteiger partial charge is 0.312 e. The number of halogens is 3. The molecule has 10 nitrogen and oxygen atoms in total. The van der Waals surface area contributed by atoms with E-state index in [-0.39, 0.29) is 31.1 Å². The van der Waals surface area contributed by atoms with Gasteiger partial charge in [-0.3, -0.25) is 19.7 Å². The van der Waals surface area contributed by atoms with Crippen molar-refractivity contribution in [3.8, 4) is 11.5 Å². The third-order valence-corrected chi connectivity index (χ3v) is 6.84. The molecule has 3 aromatic rings.